The van der Waals surface area contributed by atoms with Crippen molar-refractivity contribution in [1.29, 1.82) is 0 Å². The summed E-state index contributed by atoms with van der Waals surface area (Å²) in [5, 5.41) is 13.0. The molecule has 2 unspecified atom stereocenters. The molecule has 0 heterocycles. The topological polar surface area (TPSA) is 66.4 Å². The molecule has 4 nitrogen and oxygen atoms in total. The first-order valence-corrected chi connectivity index (χ1v) is 7.95. The smallest absolute Gasteiger partial charge is 0.178 e. The highest BCUT2D eigenvalue weighted by Crippen LogP contribution is 2.23. The number of sulfone groups is 1. The standard InChI is InChI=1S/C13H19NO3S/c1-2-18(16,17)11-8-6-10(7-9-11)14-12-4-3-5-13(12)15/h6-9,12-15H,2-5H2,1H3. The molecule has 1 aliphatic carbocycles. The fourth-order valence-corrected chi connectivity index (χ4v) is 3.13. The molecule has 2 atom stereocenters. The Labute approximate surface area is 108 Å². The van der Waals surface area contributed by atoms with E-state index in [0.29, 0.717) is 4.90 Å². The van der Waals surface area contributed by atoms with Crippen LogP contribution in [0.4, 0.5) is 5.69 Å². The van der Waals surface area contributed by atoms with Crippen LogP contribution in [0.25, 0.3) is 0 Å². The van der Waals surface area contributed by atoms with E-state index in [9.17, 15) is 13.5 Å². The lowest BCUT2D eigenvalue weighted by Crippen LogP contribution is -2.27. The molecule has 1 aliphatic rings. The van der Waals surface area contributed by atoms with Gasteiger partial charge < -0.3 is 10.4 Å². The first-order valence-electron chi connectivity index (χ1n) is 6.30. The third-order valence-electron chi connectivity index (χ3n) is 3.43. The predicted octanol–water partition coefficient (Wildman–Crippen LogP) is 1.81. The molecular formula is C13H19NO3S. The fourth-order valence-electron chi connectivity index (χ4n) is 2.25. The molecule has 1 saturated carbocycles. The molecule has 0 aromatic heterocycles. The van der Waals surface area contributed by atoms with Crippen LogP contribution >= 0.6 is 0 Å². The maximum absolute atomic E-state index is 11.6. The van der Waals surface area contributed by atoms with E-state index in [1.54, 1.807) is 31.2 Å². The van der Waals surface area contributed by atoms with Crippen molar-refractivity contribution in [3.8, 4) is 0 Å². The minimum Gasteiger partial charge on any atom is -0.391 e. The molecule has 1 fully saturated rings. The number of nitrogens with one attached hydrogen (secondary N) is 1. The van der Waals surface area contributed by atoms with Gasteiger partial charge in [0.25, 0.3) is 0 Å². The molecule has 100 valence electrons. The Hall–Kier alpha value is -1.07. The lowest BCUT2D eigenvalue weighted by atomic mass is 10.2. The first kappa shape index (κ1) is 13.4. The van der Waals surface area contributed by atoms with Gasteiger partial charge in [0.2, 0.25) is 0 Å². The summed E-state index contributed by atoms with van der Waals surface area (Å²) < 4.78 is 23.3. The molecule has 18 heavy (non-hydrogen) atoms. The third-order valence-corrected chi connectivity index (χ3v) is 5.18. The molecule has 0 spiro atoms. The lowest BCUT2D eigenvalue weighted by Gasteiger charge is -2.17. The van der Waals surface area contributed by atoms with Crippen LogP contribution in [-0.4, -0.2) is 31.4 Å². The van der Waals surface area contributed by atoms with Crippen molar-refractivity contribution < 1.29 is 13.5 Å². The number of aliphatic hydroxyl groups is 1. The van der Waals surface area contributed by atoms with Gasteiger partial charge in [-0.2, -0.15) is 0 Å². The van der Waals surface area contributed by atoms with Crippen LogP contribution in [-0.2, 0) is 9.84 Å². The quantitative estimate of drug-likeness (QED) is 0.875. The highest BCUT2D eigenvalue weighted by atomic mass is 32.2. The Balaban J connectivity index is 2.08. The van der Waals surface area contributed by atoms with Crippen molar-refractivity contribution in [2.24, 2.45) is 0 Å². The van der Waals surface area contributed by atoms with Gasteiger partial charge in [0.05, 0.1) is 22.8 Å². The van der Waals surface area contributed by atoms with Crippen molar-refractivity contribution in [3.63, 3.8) is 0 Å². The average Bonchev–Trinajstić information content (AvgIpc) is 2.76. The molecule has 0 saturated heterocycles. The molecule has 2 rings (SSSR count). The summed E-state index contributed by atoms with van der Waals surface area (Å²) in [4.78, 5) is 0.350. The summed E-state index contributed by atoms with van der Waals surface area (Å²) in [6.07, 6.45) is 2.51. The van der Waals surface area contributed by atoms with Gasteiger partial charge in [-0.3, -0.25) is 0 Å². The molecule has 0 amide bonds. The number of hydrogen-bond donors (Lipinski definition) is 2. The average molecular weight is 269 g/mol. The van der Waals surface area contributed by atoms with Gasteiger partial charge in [-0.15, -0.1) is 0 Å². The number of hydrogen-bond acceptors (Lipinski definition) is 4. The summed E-state index contributed by atoms with van der Waals surface area (Å²) >= 11 is 0. The molecule has 2 N–H and O–H groups in total. The third kappa shape index (κ3) is 2.84. The van der Waals surface area contributed by atoms with Gasteiger partial charge >= 0.3 is 0 Å². The number of benzene rings is 1. The van der Waals surface area contributed by atoms with Gasteiger partial charge in [-0.25, -0.2) is 8.42 Å². The van der Waals surface area contributed by atoms with Crippen LogP contribution in [0.15, 0.2) is 29.2 Å². The number of aliphatic hydroxyl groups excluding tert-OH is 1. The molecule has 5 heteroatoms. The van der Waals surface area contributed by atoms with Crippen molar-refractivity contribution in [3.05, 3.63) is 24.3 Å². The highest BCUT2D eigenvalue weighted by molar-refractivity contribution is 7.91. The summed E-state index contributed by atoms with van der Waals surface area (Å²) in [6.45, 7) is 1.64. The predicted molar refractivity (Wildman–Crippen MR) is 71.4 cm³/mol. The second-order valence-corrected chi connectivity index (χ2v) is 6.96. The molecule has 0 bridgehead atoms. The summed E-state index contributed by atoms with van der Waals surface area (Å²) in [6, 6.07) is 6.82. The molecule has 0 aliphatic heterocycles. The molecule has 0 radical (unpaired) electrons. The van der Waals surface area contributed by atoms with Crippen molar-refractivity contribution in [2.45, 2.75) is 43.2 Å². The largest absolute Gasteiger partial charge is 0.391 e. The van der Waals surface area contributed by atoms with E-state index in [0.717, 1.165) is 24.9 Å². The monoisotopic (exact) mass is 269 g/mol. The normalized spacial score (nSPS) is 24.1. The fraction of sp³-hybridized carbons (Fsp3) is 0.538. The number of anilines is 1. The van der Waals surface area contributed by atoms with Crippen LogP contribution in [0.3, 0.4) is 0 Å². The minimum atomic E-state index is -3.13. The van der Waals surface area contributed by atoms with Crippen molar-refractivity contribution in [2.75, 3.05) is 11.1 Å². The number of rotatable bonds is 4. The van der Waals surface area contributed by atoms with E-state index < -0.39 is 9.84 Å². The Kier molecular flexibility index (Phi) is 3.92. The van der Waals surface area contributed by atoms with E-state index in [1.807, 2.05) is 0 Å². The Morgan fingerprint density at radius 1 is 1.28 bits per heavy atom. The highest BCUT2D eigenvalue weighted by Gasteiger charge is 2.24. The molecular weight excluding hydrogens is 250 g/mol. The van der Waals surface area contributed by atoms with Crippen LogP contribution < -0.4 is 5.32 Å². The molecule has 1 aromatic carbocycles. The maximum atomic E-state index is 11.6. The molecule has 1 aromatic rings. The Morgan fingerprint density at radius 2 is 1.94 bits per heavy atom. The van der Waals surface area contributed by atoms with E-state index in [2.05, 4.69) is 5.32 Å². The summed E-state index contributed by atoms with van der Waals surface area (Å²) in [5.41, 5.74) is 0.857. The van der Waals surface area contributed by atoms with E-state index in [-0.39, 0.29) is 17.9 Å². The second kappa shape index (κ2) is 5.28. The van der Waals surface area contributed by atoms with Gasteiger partial charge in [0, 0.05) is 5.69 Å². The summed E-state index contributed by atoms with van der Waals surface area (Å²) in [7, 11) is -3.13. The van der Waals surface area contributed by atoms with Crippen LogP contribution in [0.5, 0.6) is 0 Å². The Morgan fingerprint density at radius 3 is 2.44 bits per heavy atom. The van der Waals surface area contributed by atoms with Crippen LogP contribution in [0, 0.1) is 0 Å². The van der Waals surface area contributed by atoms with Gasteiger partial charge in [-0.1, -0.05) is 6.92 Å². The van der Waals surface area contributed by atoms with Gasteiger partial charge in [0.1, 0.15) is 0 Å². The van der Waals surface area contributed by atoms with Crippen molar-refractivity contribution >= 4 is 15.5 Å². The lowest BCUT2D eigenvalue weighted by molar-refractivity contribution is 0.172. The van der Waals surface area contributed by atoms with Gasteiger partial charge in [-0.05, 0) is 43.5 Å². The second-order valence-electron chi connectivity index (χ2n) is 4.68. The van der Waals surface area contributed by atoms with Gasteiger partial charge in [0.15, 0.2) is 9.84 Å². The van der Waals surface area contributed by atoms with E-state index in [4.69, 9.17) is 0 Å². The SMILES string of the molecule is CCS(=O)(=O)c1ccc(NC2CCCC2O)cc1. The maximum Gasteiger partial charge on any atom is 0.178 e. The van der Waals surface area contributed by atoms with E-state index in [1.165, 1.54) is 0 Å². The Bertz CT molecular complexity index is 495. The summed E-state index contributed by atoms with van der Waals surface area (Å²) in [5.74, 6) is 0.112. The first-order chi connectivity index (χ1) is 8.53. The zero-order valence-corrected chi connectivity index (χ0v) is 11.3. The van der Waals surface area contributed by atoms with Crippen molar-refractivity contribution in [1.82, 2.24) is 0 Å². The zero-order valence-electron chi connectivity index (χ0n) is 10.5. The van der Waals surface area contributed by atoms with Crippen LogP contribution in [0.1, 0.15) is 26.2 Å². The minimum absolute atomic E-state index is 0.0821. The van der Waals surface area contributed by atoms with Crippen LogP contribution in [0.2, 0.25) is 0 Å². The zero-order chi connectivity index (χ0) is 13.2. The van der Waals surface area contributed by atoms with E-state index >= 15 is 0 Å².